The third kappa shape index (κ3) is 3.85. The van der Waals surface area contributed by atoms with E-state index in [4.69, 9.17) is 9.15 Å². The fraction of sp³-hybridized carbons (Fsp3) is 0.240. The largest absolute Gasteiger partial charge is 0.486 e. The molecule has 0 saturated carbocycles. The van der Waals surface area contributed by atoms with Crippen LogP contribution in [0.2, 0.25) is 0 Å². The first-order valence-electron chi connectivity index (χ1n) is 11.2. The molecule has 1 N–H and O–H groups in total. The second-order valence-electron chi connectivity index (χ2n) is 8.55. The number of hydrogen-bond acceptors (Lipinski definition) is 9. The summed E-state index contributed by atoms with van der Waals surface area (Å²) in [5, 5.41) is 19.8. The van der Waals surface area contributed by atoms with Crippen molar-refractivity contribution in [3.05, 3.63) is 72.3 Å². The SMILES string of the molecule is O=C1CC2(CCN(c3ccc(-c4nnc(Nc5ccccc5)o4)nn3)CC2)Oc2ccccc21. The highest BCUT2D eigenvalue weighted by Crippen LogP contribution is 2.39. The van der Waals surface area contributed by atoms with Gasteiger partial charge in [-0.1, -0.05) is 35.4 Å². The van der Waals surface area contributed by atoms with Gasteiger partial charge in [-0.15, -0.1) is 15.3 Å². The van der Waals surface area contributed by atoms with Crippen molar-refractivity contribution in [1.82, 2.24) is 20.4 Å². The fourth-order valence-corrected chi connectivity index (χ4v) is 4.50. The van der Waals surface area contributed by atoms with E-state index in [9.17, 15) is 4.79 Å². The number of ketones is 1. The number of benzene rings is 2. The second kappa shape index (κ2) is 8.26. The second-order valence-corrected chi connectivity index (χ2v) is 8.55. The topological polar surface area (TPSA) is 106 Å². The Bertz CT molecular complexity index is 1310. The quantitative estimate of drug-likeness (QED) is 0.484. The van der Waals surface area contributed by atoms with Crippen molar-refractivity contribution >= 4 is 23.3 Å². The Hall–Kier alpha value is -4.27. The standard InChI is InChI=1S/C25H22N6O3/c32-20-16-25(34-21-9-5-4-8-18(20)21)12-14-31(15-13-25)22-11-10-19(27-28-22)23-29-30-24(33-23)26-17-6-2-1-3-7-17/h1-11H,12-16H2,(H,26,30). The summed E-state index contributed by atoms with van der Waals surface area (Å²) in [6.07, 6.45) is 1.91. The molecular weight excluding hydrogens is 432 g/mol. The number of para-hydroxylation sites is 2. The first kappa shape index (κ1) is 20.3. The molecule has 0 radical (unpaired) electrons. The van der Waals surface area contributed by atoms with Crippen LogP contribution < -0.4 is 15.0 Å². The molecule has 2 aliphatic heterocycles. The number of rotatable bonds is 4. The first-order chi connectivity index (χ1) is 16.7. The van der Waals surface area contributed by atoms with E-state index in [1.807, 2.05) is 66.7 Å². The summed E-state index contributed by atoms with van der Waals surface area (Å²) in [5.41, 5.74) is 1.60. The third-order valence-electron chi connectivity index (χ3n) is 6.31. The zero-order valence-corrected chi connectivity index (χ0v) is 18.3. The molecule has 9 heteroatoms. The van der Waals surface area contributed by atoms with E-state index in [1.54, 1.807) is 0 Å². The number of nitrogens with zero attached hydrogens (tertiary/aromatic N) is 5. The lowest BCUT2D eigenvalue weighted by Crippen LogP contribution is -2.51. The van der Waals surface area contributed by atoms with Crippen LogP contribution >= 0.6 is 0 Å². The van der Waals surface area contributed by atoms with Crippen LogP contribution in [0, 0.1) is 0 Å². The van der Waals surface area contributed by atoms with Gasteiger partial charge in [-0.25, -0.2) is 0 Å². The van der Waals surface area contributed by atoms with E-state index in [0.29, 0.717) is 29.3 Å². The highest BCUT2D eigenvalue weighted by atomic mass is 16.5. The maximum absolute atomic E-state index is 12.6. The first-order valence-corrected chi connectivity index (χ1v) is 11.2. The van der Waals surface area contributed by atoms with E-state index >= 15 is 0 Å². The highest BCUT2D eigenvalue weighted by molar-refractivity contribution is 6.00. The number of Topliss-reactive ketones (excluding diaryl/α,β-unsaturated/α-hetero) is 1. The monoisotopic (exact) mass is 454 g/mol. The molecule has 9 nitrogen and oxygen atoms in total. The van der Waals surface area contributed by atoms with Gasteiger partial charge >= 0.3 is 6.01 Å². The number of fused-ring (bicyclic) bond motifs is 1. The van der Waals surface area contributed by atoms with Crippen molar-refractivity contribution in [3.8, 4) is 17.3 Å². The Kier molecular flexibility index (Phi) is 4.94. The van der Waals surface area contributed by atoms with Gasteiger partial charge in [0.25, 0.3) is 5.89 Å². The van der Waals surface area contributed by atoms with Crippen LogP contribution in [-0.2, 0) is 0 Å². The predicted octanol–water partition coefficient (Wildman–Crippen LogP) is 4.27. The van der Waals surface area contributed by atoms with E-state index < -0.39 is 5.60 Å². The van der Waals surface area contributed by atoms with Gasteiger partial charge in [-0.05, 0) is 36.4 Å². The molecular formula is C25H22N6O3. The van der Waals surface area contributed by atoms with Crippen LogP contribution in [0.4, 0.5) is 17.5 Å². The number of piperidine rings is 1. The molecule has 34 heavy (non-hydrogen) atoms. The molecule has 1 saturated heterocycles. The van der Waals surface area contributed by atoms with Gasteiger partial charge in [0.15, 0.2) is 17.3 Å². The minimum Gasteiger partial charge on any atom is -0.486 e. The van der Waals surface area contributed by atoms with Crippen LogP contribution in [0.3, 0.4) is 0 Å². The van der Waals surface area contributed by atoms with E-state index in [-0.39, 0.29) is 11.8 Å². The number of carbonyl (C=O) groups is 1. The van der Waals surface area contributed by atoms with Gasteiger partial charge in [-0.3, -0.25) is 4.79 Å². The minimum atomic E-state index is -0.443. The summed E-state index contributed by atoms with van der Waals surface area (Å²) in [6.45, 7) is 1.46. The molecule has 0 aliphatic carbocycles. The lowest BCUT2D eigenvalue weighted by atomic mass is 9.82. The Balaban J connectivity index is 1.11. The van der Waals surface area contributed by atoms with Crippen LogP contribution in [-0.4, -0.2) is 44.9 Å². The average Bonchev–Trinajstić information content (AvgIpc) is 3.34. The molecule has 1 fully saturated rings. The van der Waals surface area contributed by atoms with Crippen molar-refractivity contribution in [2.45, 2.75) is 24.9 Å². The minimum absolute atomic E-state index is 0.153. The van der Waals surface area contributed by atoms with Gasteiger partial charge in [0.2, 0.25) is 0 Å². The normalized spacial score (nSPS) is 16.7. The summed E-state index contributed by atoms with van der Waals surface area (Å²) in [6, 6.07) is 21.1. The number of aromatic nitrogens is 4. The highest BCUT2D eigenvalue weighted by Gasteiger charge is 2.43. The number of anilines is 3. The number of nitrogens with one attached hydrogen (secondary N) is 1. The summed E-state index contributed by atoms with van der Waals surface area (Å²) in [7, 11) is 0. The van der Waals surface area contributed by atoms with E-state index in [0.717, 1.165) is 37.4 Å². The Labute approximate surface area is 195 Å². The lowest BCUT2D eigenvalue weighted by molar-refractivity contribution is 0.0231. The van der Waals surface area contributed by atoms with Crippen molar-refractivity contribution in [2.24, 2.45) is 0 Å². The zero-order valence-electron chi connectivity index (χ0n) is 18.3. The van der Waals surface area contributed by atoms with Crippen LogP contribution in [0.25, 0.3) is 11.6 Å². The van der Waals surface area contributed by atoms with Crippen LogP contribution in [0.15, 0.2) is 71.1 Å². The summed E-state index contributed by atoms with van der Waals surface area (Å²) >= 11 is 0. The van der Waals surface area contributed by atoms with Gasteiger partial charge < -0.3 is 19.4 Å². The van der Waals surface area contributed by atoms with Crippen LogP contribution in [0.1, 0.15) is 29.6 Å². The third-order valence-corrected chi connectivity index (χ3v) is 6.31. The summed E-state index contributed by atoms with van der Waals surface area (Å²) in [4.78, 5) is 14.8. The Morgan fingerprint density at radius 3 is 2.44 bits per heavy atom. The maximum Gasteiger partial charge on any atom is 0.320 e. The number of carbonyl (C=O) groups excluding carboxylic acids is 1. The lowest BCUT2D eigenvalue weighted by Gasteiger charge is -2.44. The number of hydrogen-bond donors (Lipinski definition) is 1. The van der Waals surface area contributed by atoms with Gasteiger partial charge in [0.1, 0.15) is 11.4 Å². The van der Waals surface area contributed by atoms with Crippen molar-refractivity contribution < 1.29 is 13.9 Å². The Morgan fingerprint density at radius 1 is 0.853 bits per heavy atom. The molecule has 2 aromatic carbocycles. The molecule has 1 spiro atoms. The molecule has 0 atom stereocenters. The molecule has 170 valence electrons. The molecule has 2 aromatic heterocycles. The van der Waals surface area contributed by atoms with Gasteiger partial charge in [0.05, 0.1) is 12.0 Å². The van der Waals surface area contributed by atoms with Crippen molar-refractivity contribution in [3.63, 3.8) is 0 Å². The molecule has 0 amide bonds. The molecule has 2 aliphatic rings. The van der Waals surface area contributed by atoms with E-state index in [2.05, 4.69) is 30.6 Å². The molecule has 0 bridgehead atoms. The van der Waals surface area contributed by atoms with Crippen molar-refractivity contribution in [2.75, 3.05) is 23.3 Å². The van der Waals surface area contributed by atoms with Crippen molar-refractivity contribution in [1.29, 1.82) is 0 Å². The molecule has 4 aromatic rings. The smallest absolute Gasteiger partial charge is 0.320 e. The summed E-state index contributed by atoms with van der Waals surface area (Å²) < 4.78 is 12.0. The average molecular weight is 454 g/mol. The predicted molar refractivity (Wildman–Crippen MR) is 125 cm³/mol. The van der Waals surface area contributed by atoms with Crippen LogP contribution in [0.5, 0.6) is 5.75 Å². The summed E-state index contributed by atoms with van der Waals surface area (Å²) in [5.74, 6) is 1.91. The maximum atomic E-state index is 12.6. The fourth-order valence-electron chi connectivity index (χ4n) is 4.50. The van der Waals surface area contributed by atoms with Gasteiger partial charge in [-0.2, -0.15) is 0 Å². The zero-order chi connectivity index (χ0) is 23.0. The molecule has 6 rings (SSSR count). The Morgan fingerprint density at radius 2 is 1.65 bits per heavy atom. The van der Waals surface area contributed by atoms with Gasteiger partial charge in [0, 0.05) is 31.6 Å². The molecule has 0 unspecified atom stereocenters. The number of ether oxygens (including phenoxy) is 1. The van der Waals surface area contributed by atoms with E-state index in [1.165, 1.54) is 0 Å². The molecule has 4 heterocycles.